The van der Waals surface area contributed by atoms with Gasteiger partial charge in [-0.15, -0.1) is 5.92 Å². The first-order valence-electron chi connectivity index (χ1n) is 4.67. The first kappa shape index (κ1) is 12.2. The summed E-state index contributed by atoms with van der Waals surface area (Å²) in [6.07, 6.45) is 0. The van der Waals surface area contributed by atoms with Crippen LogP contribution in [0.1, 0.15) is 17.3 Å². The van der Waals surface area contributed by atoms with Crippen molar-refractivity contribution in [2.24, 2.45) is 0 Å². The highest BCUT2D eigenvalue weighted by atomic mass is 32.1. The largest absolute Gasteiger partial charge is 0.458 e. The van der Waals surface area contributed by atoms with E-state index >= 15 is 0 Å². The standard InChI is InChI=1S/C12H11NO2S/c1-2-3-9-15-12(16)13-11(14)10-7-5-4-6-8-10/h4-8H,9H2,1H3,(H,13,14,16). The molecule has 0 heterocycles. The van der Waals surface area contributed by atoms with Crippen molar-refractivity contribution in [3.05, 3.63) is 35.9 Å². The number of hydrogen-bond donors (Lipinski definition) is 1. The molecule has 1 aromatic carbocycles. The van der Waals surface area contributed by atoms with Crippen molar-refractivity contribution in [3.63, 3.8) is 0 Å². The van der Waals surface area contributed by atoms with Gasteiger partial charge in [0.2, 0.25) is 0 Å². The second-order valence-electron chi connectivity index (χ2n) is 2.82. The Balaban J connectivity index is 2.45. The number of rotatable bonds is 2. The molecule has 0 unspecified atom stereocenters. The van der Waals surface area contributed by atoms with E-state index in [2.05, 4.69) is 17.2 Å². The lowest BCUT2D eigenvalue weighted by molar-refractivity contribution is 0.0969. The maximum Gasteiger partial charge on any atom is 0.264 e. The zero-order chi connectivity index (χ0) is 11.8. The number of amides is 1. The number of thiocarbonyl (C=S) groups is 1. The Labute approximate surface area is 99.8 Å². The molecule has 1 rings (SSSR count). The fraction of sp³-hybridized carbons (Fsp3) is 0.167. The van der Waals surface area contributed by atoms with Gasteiger partial charge >= 0.3 is 0 Å². The minimum atomic E-state index is -0.282. The molecule has 82 valence electrons. The van der Waals surface area contributed by atoms with Crippen LogP contribution in [0.5, 0.6) is 0 Å². The van der Waals surface area contributed by atoms with Gasteiger partial charge in [-0.05, 0) is 31.3 Å². The van der Waals surface area contributed by atoms with E-state index < -0.39 is 0 Å². The van der Waals surface area contributed by atoms with Crippen LogP contribution in [0.15, 0.2) is 30.3 Å². The molecule has 0 saturated heterocycles. The molecule has 0 atom stereocenters. The summed E-state index contributed by atoms with van der Waals surface area (Å²) in [4.78, 5) is 11.6. The SMILES string of the molecule is CC#CCOC(=S)NC(=O)c1ccccc1. The first-order chi connectivity index (χ1) is 7.74. The lowest BCUT2D eigenvalue weighted by atomic mass is 10.2. The summed E-state index contributed by atoms with van der Waals surface area (Å²) in [5, 5.41) is 2.50. The number of hydrogen-bond acceptors (Lipinski definition) is 3. The highest BCUT2D eigenvalue weighted by Crippen LogP contribution is 1.97. The Kier molecular flexibility index (Phi) is 5.03. The predicted octanol–water partition coefficient (Wildman–Crippen LogP) is 1.74. The van der Waals surface area contributed by atoms with Gasteiger partial charge in [-0.2, -0.15) is 0 Å². The summed E-state index contributed by atoms with van der Waals surface area (Å²) in [6, 6.07) is 8.79. The minimum Gasteiger partial charge on any atom is -0.458 e. The van der Waals surface area contributed by atoms with Crippen molar-refractivity contribution < 1.29 is 9.53 Å². The maximum atomic E-state index is 11.6. The number of benzene rings is 1. The molecular formula is C12H11NO2S. The monoisotopic (exact) mass is 233 g/mol. The van der Waals surface area contributed by atoms with Gasteiger partial charge in [0.25, 0.3) is 11.1 Å². The quantitative estimate of drug-likeness (QED) is 0.624. The van der Waals surface area contributed by atoms with Crippen molar-refractivity contribution in [1.29, 1.82) is 0 Å². The van der Waals surface area contributed by atoms with Crippen LogP contribution in [0.25, 0.3) is 0 Å². The van der Waals surface area contributed by atoms with Gasteiger partial charge in [0, 0.05) is 5.56 Å². The van der Waals surface area contributed by atoms with Crippen molar-refractivity contribution in [2.75, 3.05) is 6.61 Å². The number of carbonyl (C=O) groups excluding carboxylic acids is 1. The Morgan fingerprint density at radius 1 is 1.44 bits per heavy atom. The fourth-order valence-electron chi connectivity index (χ4n) is 0.964. The predicted molar refractivity (Wildman–Crippen MR) is 65.9 cm³/mol. The van der Waals surface area contributed by atoms with Crippen LogP contribution < -0.4 is 5.32 Å². The van der Waals surface area contributed by atoms with Crippen molar-refractivity contribution in [2.45, 2.75) is 6.92 Å². The van der Waals surface area contributed by atoms with Gasteiger partial charge in [-0.1, -0.05) is 24.1 Å². The summed E-state index contributed by atoms with van der Waals surface area (Å²) >= 11 is 4.82. The van der Waals surface area contributed by atoms with Crippen LogP contribution >= 0.6 is 12.2 Å². The fourth-order valence-corrected chi connectivity index (χ4v) is 1.12. The smallest absolute Gasteiger partial charge is 0.264 e. The van der Waals surface area contributed by atoms with Crippen molar-refractivity contribution in [3.8, 4) is 11.8 Å². The van der Waals surface area contributed by atoms with Crippen LogP contribution in [0, 0.1) is 11.8 Å². The van der Waals surface area contributed by atoms with Crippen molar-refractivity contribution >= 4 is 23.3 Å². The normalized spacial score (nSPS) is 8.56. The molecule has 0 aliphatic rings. The molecule has 1 N–H and O–H groups in total. The molecule has 4 heteroatoms. The third-order valence-electron chi connectivity index (χ3n) is 1.70. The molecule has 0 radical (unpaired) electrons. The molecule has 1 aromatic rings. The van der Waals surface area contributed by atoms with E-state index in [0.717, 1.165) is 0 Å². The molecule has 0 aliphatic carbocycles. The van der Waals surface area contributed by atoms with E-state index in [9.17, 15) is 4.79 Å². The number of ether oxygens (including phenoxy) is 1. The van der Waals surface area contributed by atoms with E-state index in [0.29, 0.717) is 5.56 Å². The van der Waals surface area contributed by atoms with Gasteiger partial charge < -0.3 is 4.74 Å². The van der Waals surface area contributed by atoms with Gasteiger partial charge in [0.15, 0.2) is 6.61 Å². The van der Waals surface area contributed by atoms with Crippen LogP contribution in [0.2, 0.25) is 0 Å². The van der Waals surface area contributed by atoms with Crippen LogP contribution in [0.3, 0.4) is 0 Å². The Bertz CT molecular complexity index is 431. The maximum absolute atomic E-state index is 11.6. The highest BCUT2D eigenvalue weighted by Gasteiger charge is 2.06. The molecule has 16 heavy (non-hydrogen) atoms. The van der Waals surface area contributed by atoms with E-state index in [1.54, 1.807) is 31.2 Å². The van der Waals surface area contributed by atoms with E-state index in [4.69, 9.17) is 17.0 Å². The molecule has 0 bridgehead atoms. The van der Waals surface area contributed by atoms with Crippen molar-refractivity contribution in [1.82, 2.24) is 5.32 Å². The number of carbonyl (C=O) groups is 1. The molecule has 3 nitrogen and oxygen atoms in total. The molecule has 0 fully saturated rings. The number of nitrogens with one attached hydrogen (secondary N) is 1. The molecular weight excluding hydrogens is 222 g/mol. The van der Waals surface area contributed by atoms with Gasteiger partial charge in [0.05, 0.1) is 0 Å². The summed E-state index contributed by atoms with van der Waals surface area (Å²) in [5.41, 5.74) is 0.537. The summed E-state index contributed by atoms with van der Waals surface area (Å²) < 4.78 is 5.00. The topological polar surface area (TPSA) is 38.3 Å². The van der Waals surface area contributed by atoms with E-state index in [1.807, 2.05) is 6.07 Å². The van der Waals surface area contributed by atoms with Gasteiger partial charge in [0.1, 0.15) is 0 Å². The Morgan fingerprint density at radius 3 is 2.75 bits per heavy atom. The second kappa shape index (κ2) is 6.59. The van der Waals surface area contributed by atoms with Gasteiger partial charge in [-0.25, -0.2) is 0 Å². The lowest BCUT2D eigenvalue weighted by Crippen LogP contribution is -2.30. The zero-order valence-corrected chi connectivity index (χ0v) is 9.64. The Morgan fingerprint density at radius 2 is 2.12 bits per heavy atom. The third kappa shape index (κ3) is 4.11. The van der Waals surface area contributed by atoms with Crippen LogP contribution in [-0.4, -0.2) is 17.7 Å². The Hall–Kier alpha value is -1.86. The average Bonchev–Trinajstić information content (AvgIpc) is 2.30. The lowest BCUT2D eigenvalue weighted by Gasteiger charge is -2.05. The average molecular weight is 233 g/mol. The molecule has 0 spiro atoms. The minimum absolute atomic E-state index is 0.0385. The summed E-state index contributed by atoms with van der Waals surface area (Å²) in [5.74, 6) is 5.06. The highest BCUT2D eigenvalue weighted by molar-refractivity contribution is 7.80. The third-order valence-corrected chi connectivity index (χ3v) is 1.92. The molecule has 0 aromatic heterocycles. The van der Waals surface area contributed by atoms with Crippen LogP contribution in [0.4, 0.5) is 0 Å². The summed E-state index contributed by atoms with van der Waals surface area (Å²) in [7, 11) is 0. The molecule has 1 amide bonds. The molecule has 0 aliphatic heterocycles. The van der Waals surface area contributed by atoms with Gasteiger partial charge in [-0.3, -0.25) is 10.1 Å². The van der Waals surface area contributed by atoms with E-state index in [1.165, 1.54) is 0 Å². The van der Waals surface area contributed by atoms with E-state index in [-0.39, 0.29) is 17.7 Å². The summed E-state index contributed by atoms with van der Waals surface area (Å²) in [6.45, 7) is 1.89. The first-order valence-corrected chi connectivity index (χ1v) is 5.07. The van der Waals surface area contributed by atoms with Crippen LogP contribution in [-0.2, 0) is 4.74 Å². The second-order valence-corrected chi connectivity index (χ2v) is 3.19. The zero-order valence-electron chi connectivity index (χ0n) is 8.82. The molecule has 0 saturated carbocycles.